The molecule has 0 saturated carbocycles. The van der Waals surface area contributed by atoms with Crippen LogP contribution in [0.5, 0.6) is 0 Å². The highest BCUT2D eigenvalue weighted by Gasteiger charge is 2.15. The van der Waals surface area contributed by atoms with Crippen LogP contribution in [0.3, 0.4) is 0 Å². The number of hydrogen-bond acceptors (Lipinski definition) is 3. The summed E-state index contributed by atoms with van der Waals surface area (Å²) in [5.41, 5.74) is 2.82. The molecule has 0 radical (unpaired) electrons. The molecule has 0 aliphatic carbocycles. The van der Waals surface area contributed by atoms with E-state index in [1.165, 1.54) is 0 Å². The van der Waals surface area contributed by atoms with Gasteiger partial charge < -0.3 is 4.90 Å². The molecule has 0 aliphatic heterocycles. The van der Waals surface area contributed by atoms with Crippen LogP contribution in [0.1, 0.15) is 17.5 Å². The zero-order valence-corrected chi connectivity index (χ0v) is 10.9. The highest BCUT2D eigenvalue weighted by atomic mass is 79.9. The second-order valence-electron chi connectivity index (χ2n) is 3.17. The molecule has 1 heterocycles. The van der Waals surface area contributed by atoms with Gasteiger partial charge in [-0.1, -0.05) is 15.9 Å². The number of thiazole rings is 1. The second kappa shape index (κ2) is 4.89. The van der Waals surface area contributed by atoms with E-state index in [9.17, 15) is 4.79 Å². The van der Waals surface area contributed by atoms with Crippen molar-refractivity contribution in [2.75, 3.05) is 7.05 Å². The summed E-state index contributed by atoms with van der Waals surface area (Å²) >= 11 is 4.85. The summed E-state index contributed by atoms with van der Waals surface area (Å²) in [6, 6.07) is 0. The number of carbonyl (C=O) groups excluding carboxylic acids is 1. The van der Waals surface area contributed by atoms with E-state index in [0.29, 0.717) is 6.54 Å². The summed E-state index contributed by atoms with van der Waals surface area (Å²) in [4.78, 5) is 18.4. The van der Waals surface area contributed by atoms with Crippen molar-refractivity contribution in [2.45, 2.75) is 25.2 Å². The van der Waals surface area contributed by atoms with Crippen molar-refractivity contribution in [3.63, 3.8) is 0 Å². The van der Waals surface area contributed by atoms with E-state index in [1.807, 2.05) is 13.8 Å². The van der Waals surface area contributed by atoms with Gasteiger partial charge in [-0.25, -0.2) is 4.98 Å². The summed E-state index contributed by atoms with van der Waals surface area (Å²) in [5.74, 6) is 0.0952. The number of nitrogens with zero attached hydrogens (tertiary/aromatic N) is 2. The van der Waals surface area contributed by atoms with Crippen LogP contribution in [0.4, 0.5) is 0 Å². The summed E-state index contributed by atoms with van der Waals surface area (Å²) in [6.45, 7) is 4.44. The highest BCUT2D eigenvalue weighted by Crippen LogP contribution is 2.15. The average Bonchev–Trinajstić information content (AvgIpc) is 2.50. The highest BCUT2D eigenvalue weighted by molar-refractivity contribution is 9.10. The number of aryl methyl sites for hydroxylation is 1. The Morgan fingerprint density at radius 3 is 2.86 bits per heavy atom. The molecule has 14 heavy (non-hydrogen) atoms. The maximum absolute atomic E-state index is 11.5. The predicted molar refractivity (Wildman–Crippen MR) is 61.7 cm³/mol. The van der Waals surface area contributed by atoms with Crippen molar-refractivity contribution in [1.29, 1.82) is 0 Å². The van der Waals surface area contributed by atoms with Crippen LogP contribution in [0.15, 0.2) is 5.51 Å². The topological polar surface area (TPSA) is 33.2 Å². The van der Waals surface area contributed by atoms with Crippen LogP contribution in [0, 0.1) is 6.92 Å². The zero-order chi connectivity index (χ0) is 10.7. The van der Waals surface area contributed by atoms with Gasteiger partial charge in [0.05, 0.1) is 22.6 Å². The Labute approximate surface area is 96.3 Å². The third-order valence-corrected chi connectivity index (χ3v) is 3.25. The van der Waals surface area contributed by atoms with Crippen molar-refractivity contribution >= 4 is 33.2 Å². The Morgan fingerprint density at radius 1 is 1.79 bits per heavy atom. The Hall–Kier alpha value is -0.420. The molecule has 0 aromatic carbocycles. The Kier molecular flexibility index (Phi) is 4.07. The minimum Gasteiger partial charge on any atom is -0.340 e. The molecule has 5 heteroatoms. The largest absolute Gasteiger partial charge is 0.340 e. The fourth-order valence-electron chi connectivity index (χ4n) is 1.07. The van der Waals surface area contributed by atoms with Crippen LogP contribution >= 0.6 is 27.3 Å². The second-order valence-corrected chi connectivity index (χ2v) is 5.48. The van der Waals surface area contributed by atoms with E-state index in [4.69, 9.17) is 0 Å². The third-order valence-electron chi connectivity index (χ3n) is 1.94. The fourth-order valence-corrected chi connectivity index (χ4v) is 2.25. The van der Waals surface area contributed by atoms with E-state index in [1.54, 1.807) is 28.8 Å². The van der Waals surface area contributed by atoms with E-state index in [0.717, 1.165) is 10.6 Å². The van der Waals surface area contributed by atoms with E-state index < -0.39 is 0 Å². The van der Waals surface area contributed by atoms with Crippen LogP contribution in [0.25, 0.3) is 0 Å². The lowest BCUT2D eigenvalue weighted by atomic mass is 10.3. The van der Waals surface area contributed by atoms with Crippen molar-refractivity contribution in [1.82, 2.24) is 9.88 Å². The van der Waals surface area contributed by atoms with Gasteiger partial charge in [0.1, 0.15) is 0 Å². The molecular formula is C9H13BrN2OS. The summed E-state index contributed by atoms with van der Waals surface area (Å²) in [7, 11) is 1.80. The average molecular weight is 277 g/mol. The molecule has 1 aromatic heterocycles. The predicted octanol–water partition coefficient (Wildman–Crippen LogP) is 2.19. The molecule has 0 bridgehead atoms. The van der Waals surface area contributed by atoms with Crippen molar-refractivity contribution in [3.05, 3.63) is 16.1 Å². The van der Waals surface area contributed by atoms with Gasteiger partial charge in [-0.2, -0.15) is 0 Å². The van der Waals surface area contributed by atoms with E-state index in [2.05, 4.69) is 20.9 Å². The molecule has 1 amide bonds. The van der Waals surface area contributed by atoms with E-state index >= 15 is 0 Å². The van der Waals surface area contributed by atoms with Gasteiger partial charge in [-0.05, 0) is 13.8 Å². The quantitative estimate of drug-likeness (QED) is 0.793. The molecule has 0 saturated heterocycles. The SMILES string of the molecule is Cc1ncsc1CN(C)C(=O)C(C)Br. The molecule has 1 aromatic rings. The number of carbonyl (C=O) groups is 1. The van der Waals surface area contributed by atoms with Gasteiger partial charge in [0.2, 0.25) is 5.91 Å². The number of alkyl halides is 1. The number of rotatable bonds is 3. The smallest absolute Gasteiger partial charge is 0.236 e. The van der Waals surface area contributed by atoms with Gasteiger partial charge in [0.25, 0.3) is 0 Å². The molecule has 0 N–H and O–H groups in total. The standard InChI is InChI=1S/C9H13BrN2OS/c1-6(10)9(13)12(3)4-8-7(2)11-5-14-8/h5-6H,4H2,1-3H3. The van der Waals surface area contributed by atoms with Gasteiger partial charge in [0.15, 0.2) is 0 Å². The number of halogens is 1. The molecule has 3 nitrogen and oxygen atoms in total. The van der Waals surface area contributed by atoms with Crippen molar-refractivity contribution in [2.24, 2.45) is 0 Å². The fraction of sp³-hybridized carbons (Fsp3) is 0.556. The normalized spacial score (nSPS) is 12.6. The zero-order valence-electron chi connectivity index (χ0n) is 8.45. The monoisotopic (exact) mass is 276 g/mol. The summed E-state index contributed by atoms with van der Waals surface area (Å²) in [6.07, 6.45) is 0. The first kappa shape index (κ1) is 11.7. The van der Waals surface area contributed by atoms with Crippen LogP contribution < -0.4 is 0 Å². The molecule has 1 rings (SSSR count). The summed E-state index contributed by atoms with van der Waals surface area (Å²) < 4.78 is 0. The molecular weight excluding hydrogens is 264 g/mol. The summed E-state index contributed by atoms with van der Waals surface area (Å²) in [5, 5.41) is 0. The molecule has 1 atom stereocenters. The van der Waals surface area contributed by atoms with Crippen LogP contribution in [-0.4, -0.2) is 27.7 Å². The minimum atomic E-state index is -0.124. The first-order valence-electron chi connectivity index (χ1n) is 4.30. The molecule has 78 valence electrons. The van der Waals surface area contributed by atoms with Gasteiger partial charge in [0, 0.05) is 11.9 Å². The minimum absolute atomic E-state index is 0.0952. The Bertz CT molecular complexity index is 324. The van der Waals surface area contributed by atoms with E-state index in [-0.39, 0.29) is 10.7 Å². The van der Waals surface area contributed by atoms with Crippen LogP contribution in [0.2, 0.25) is 0 Å². The third kappa shape index (κ3) is 2.78. The van der Waals surface area contributed by atoms with Crippen molar-refractivity contribution in [3.8, 4) is 0 Å². The lowest BCUT2D eigenvalue weighted by Crippen LogP contribution is -2.31. The molecule has 0 aliphatic rings. The van der Waals surface area contributed by atoms with Crippen LogP contribution in [-0.2, 0) is 11.3 Å². The maximum Gasteiger partial charge on any atom is 0.236 e. The molecule has 0 spiro atoms. The number of aromatic nitrogens is 1. The molecule has 0 fully saturated rings. The maximum atomic E-state index is 11.5. The van der Waals surface area contributed by atoms with Gasteiger partial charge >= 0.3 is 0 Å². The number of hydrogen-bond donors (Lipinski definition) is 0. The molecule has 1 unspecified atom stereocenters. The Balaban J connectivity index is 2.62. The lowest BCUT2D eigenvalue weighted by Gasteiger charge is -2.17. The Morgan fingerprint density at radius 2 is 2.43 bits per heavy atom. The van der Waals surface area contributed by atoms with Gasteiger partial charge in [-0.15, -0.1) is 11.3 Å². The first-order chi connectivity index (χ1) is 6.52. The lowest BCUT2D eigenvalue weighted by molar-refractivity contribution is -0.129. The first-order valence-corrected chi connectivity index (χ1v) is 6.10. The van der Waals surface area contributed by atoms with Crippen molar-refractivity contribution < 1.29 is 4.79 Å². The number of amides is 1. The van der Waals surface area contributed by atoms with Gasteiger partial charge in [-0.3, -0.25) is 4.79 Å².